The summed E-state index contributed by atoms with van der Waals surface area (Å²) in [6, 6.07) is 17.5. The first-order chi connectivity index (χ1) is 17.0. The summed E-state index contributed by atoms with van der Waals surface area (Å²) in [5.41, 5.74) is 3.64. The molecule has 0 spiro atoms. The van der Waals surface area contributed by atoms with Crippen molar-refractivity contribution in [2.24, 2.45) is 5.41 Å². The molecular formula is C26H25N3O6. The molecule has 0 radical (unpaired) electrons. The van der Waals surface area contributed by atoms with Crippen molar-refractivity contribution in [3.63, 3.8) is 0 Å². The van der Waals surface area contributed by atoms with E-state index in [2.05, 4.69) is 40.1 Å². The van der Waals surface area contributed by atoms with Crippen LogP contribution in [0.2, 0.25) is 0 Å². The minimum absolute atomic E-state index is 0.0197. The van der Waals surface area contributed by atoms with Crippen LogP contribution >= 0.6 is 0 Å². The standard InChI is InChI=1S/C26H25N3O6/c30-23(31)22-12-16(35-29-22)13-27-24(32)26(10-5-11-26)15-28-25(33)34-14-21-19-8-3-1-6-17(19)18-7-2-4-9-20(18)21/h1-4,6-9,12,21H,5,10-11,13-15H2,(H,27,32)(H,28,33)(H,30,31). The molecular weight excluding hydrogens is 450 g/mol. The molecule has 1 aromatic heterocycles. The van der Waals surface area contributed by atoms with Gasteiger partial charge in [-0.1, -0.05) is 60.1 Å². The molecule has 9 heteroatoms. The van der Waals surface area contributed by atoms with Crippen LogP contribution in [-0.2, 0) is 16.1 Å². The first kappa shape index (κ1) is 22.6. The Morgan fingerprint density at radius 2 is 1.69 bits per heavy atom. The summed E-state index contributed by atoms with van der Waals surface area (Å²) in [4.78, 5) is 36.3. The lowest BCUT2D eigenvalue weighted by Gasteiger charge is -2.40. The summed E-state index contributed by atoms with van der Waals surface area (Å²) in [5, 5.41) is 17.9. The van der Waals surface area contributed by atoms with E-state index in [-0.39, 0.29) is 43.0 Å². The zero-order valence-corrected chi connectivity index (χ0v) is 19.0. The SMILES string of the molecule is O=C(NCC1(C(=O)NCc2cc(C(=O)O)no2)CCC1)OCC1c2ccccc2-c2ccccc21. The first-order valence-corrected chi connectivity index (χ1v) is 11.5. The fourth-order valence-corrected chi connectivity index (χ4v) is 4.83. The Bertz CT molecular complexity index is 1230. The van der Waals surface area contributed by atoms with E-state index in [0.717, 1.165) is 28.7 Å². The van der Waals surface area contributed by atoms with Gasteiger partial charge in [0.2, 0.25) is 5.91 Å². The summed E-state index contributed by atoms with van der Waals surface area (Å²) in [6.07, 6.45) is 1.59. The third-order valence-corrected chi connectivity index (χ3v) is 6.91. The van der Waals surface area contributed by atoms with Crippen molar-refractivity contribution in [1.82, 2.24) is 15.8 Å². The van der Waals surface area contributed by atoms with Crippen LogP contribution in [0.25, 0.3) is 11.1 Å². The summed E-state index contributed by atoms with van der Waals surface area (Å²) < 4.78 is 10.5. The molecule has 2 aliphatic rings. The predicted molar refractivity (Wildman–Crippen MR) is 125 cm³/mol. The lowest BCUT2D eigenvalue weighted by molar-refractivity contribution is -0.135. The van der Waals surface area contributed by atoms with Gasteiger partial charge < -0.3 is 25.0 Å². The number of hydrogen-bond acceptors (Lipinski definition) is 6. The third kappa shape index (κ3) is 4.37. The second-order valence-corrected chi connectivity index (χ2v) is 8.98. The van der Waals surface area contributed by atoms with Gasteiger partial charge in [0.05, 0.1) is 12.0 Å². The maximum absolute atomic E-state index is 12.8. The molecule has 35 heavy (non-hydrogen) atoms. The molecule has 0 atom stereocenters. The molecule has 3 aromatic rings. The molecule has 2 aliphatic carbocycles. The maximum atomic E-state index is 12.8. The van der Waals surface area contributed by atoms with Crippen LogP contribution in [0.3, 0.4) is 0 Å². The number of nitrogens with one attached hydrogen (secondary N) is 2. The van der Waals surface area contributed by atoms with E-state index < -0.39 is 17.5 Å². The number of fused-ring (bicyclic) bond motifs is 3. The molecule has 0 unspecified atom stereocenters. The fourth-order valence-electron chi connectivity index (χ4n) is 4.83. The van der Waals surface area contributed by atoms with E-state index in [1.165, 1.54) is 6.07 Å². The van der Waals surface area contributed by atoms with Crippen molar-refractivity contribution in [2.75, 3.05) is 13.2 Å². The normalized spacial score (nSPS) is 15.4. The third-order valence-electron chi connectivity index (χ3n) is 6.91. The minimum atomic E-state index is -1.20. The Hall–Kier alpha value is -4.14. The molecule has 180 valence electrons. The molecule has 2 amide bonds. The molecule has 1 heterocycles. The van der Waals surface area contributed by atoms with Crippen LogP contribution in [0.4, 0.5) is 4.79 Å². The molecule has 9 nitrogen and oxygen atoms in total. The molecule has 1 fully saturated rings. The highest BCUT2D eigenvalue weighted by Crippen LogP contribution is 2.44. The van der Waals surface area contributed by atoms with Gasteiger partial charge in [0.1, 0.15) is 6.61 Å². The second kappa shape index (κ2) is 9.25. The number of alkyl carbamates (subject to hydrolysis) is 1. The molecule has 5 rings (SSSR count). The topological polar surface area (TPSA) is 131 Å². The van der Waals surface area contributed by atoms with Crippen molar-refractivity contribution in [3.05, 3.63) is 77.2 Å². The number of amides is 2. The van der Waals surface area contributed by atoms with Crippen LogP contribution in [0, 0.1) is 5.41 Å². The molecule has 3 N–H and O–H groups in total. The molecule has 1 saturated carbocycles. The highest BCUT2D eigenvalue weighted by Gasteiger charge is 2.44. The Morgan fingerprint density at radius 3 is 2.26 bits per heavy atom. The van der Waals surface area contributed by atoms with Gasteiger partial charge in [0.15, 0.2) is 11.5 Å². The van der Waals surface area contributed by atoms with Crippen molar-refractivity contribution in [1.29, 1.82) is 0 Å². The number of benzene rings is 2. The number of aromatic carboxylic acids is 1. The lowest BCUT2D eigenvalue weighted by atomic mass is 9.68. The van der Waals surface area contributed by atoms with E-state index >= 15 is 0 Å². The summed E-state index contributed by atoms with van der Waals surface area (Å²) in [6.45, 7) is 0.383. The Kier molecular flexibility index (Phi) is 5.98. The largest absolute Gasteiger partial charge is 0.476 e. The van der Waals surface area contributed by atoms with E-state index in [4.69, 9.17) is 14.4 Å². The van der Waals surface area contributed by atoms with Crippen LogP contribution in [0.15, 0.2) is 59.1 Å². The maximum Gasteiger partial charge on any atom is 0.407 e. The average Bonchev–Trinajstić information content (AvgIpc) is 3.44. The number of aromatic nitrogens is 1. The second-order valence-electron chi connectivity index (χ2n) is 8.98. The van der Waals surface area contributed by atoms with Gasteiger partial charge in [-0.3, -0.25) is 4.79 Å². The number of nitrogens with zero attached hydrogens (tertiary/aromatic N) is 1. The number of carboxylic acid groups (broad SMARTS) is 1. The zero-order valence-electron chi connectivity index (χ0n) is 19.0. The molecule has 0 aliphatic heterocycles. The van der Waals surface area contributed by atoms with Gasteiger partial charge in [0, 0.05) is 18.5 Å². The van der Waals surface area contributed by atoms with Gasteiger partial charge in [-0.25, -0.2) is 9.59 Å². The van der Waals surface area contributed by atoms with Crippen LogP contribution in [0.1, 0.15) is 52.6 Å². The average molecular weight is 476 g/mol. The van der Waals surface area contributed by atoms with E-state index in [9.17, 15) is 14.4 Å². The van der Waals surface area contributed by atoms with Crippen LogP contribution < -0.4 is 10.6 Å². The summed E-state index contributed by atoms with van der Waals surface area (Å²) >= 11 is 0. The van der Waals surface area contributed by atoms with Crippen molar-refractivity contribution < 1.29 is 28.8 Å². The van der Waals surface area contributed by atoms with Gasteiger partial charge in [-0.15, -0.1) is 0 Å². The number of ether oxygens (including phenoxy) is 1. The van der Waals surface area contributed by atoms with Gasteiger partial charge in [0.25, 0.3) is 0 Å². The number of hydrogen-bond donors (Lipinski definition) is 3. The summed E-state index contributed by atoms with van der Waals surface area (Å²) in [7, 11) is 0. The van der Waals surface area contributed by atoms with Gasteiger partial charge >= 0.3 is 12.1 Å². The smallest absolute Gasteiger partial charge is 0.407 e. The Labute approximate surface area is 201 Å². The van der Waals surface area contributed by atoms with Crippen LogP contribution in [-0.4, -0.2) is 41.4 Å². The van der Waals surface area contributed by atoms with Crippen molar-refractivity contribution in [2.45, 2.75) is 31.7 Å². The fraction of sp³-hybridized carbons (Fsp3) is 0.308. The number of carboxylic acids is 1. The van der Waals surface area contributed by atoms with E-state index in [1.807, 2.05) is 24.3 Å². The Morgan fingerprint density at radius 1 is 1.03 bits per heavy atom. The molecule has 0 saturated heterocycles. The highest BCUT2D eigenvalue weighted by molar-refractivity contribution is 5.86. The van der Waals surface area contributed by atoms with Crippen LogP contribution in [0.5, 0.6) is 0 Å². The molecule has 0 bridgehead atoms. The highest BCUT2D eigenvalue weighted by atomic mass is 16.5. The lowest BCUT2D eigenvalue weighted by Crippen LogP contribution is -2.52. The first-order valence-electron chi connectivity index (χ1n) is 11.5. The molecule has 2 aromatic carbocycles. The van der Waals surface area contributed by atoms with Crippen molar-refractivity contribution >= 4 is 18.0 Å². The minimum Gasteiger partial charge on any atom is -0.476 e. The van der Waals surface area contributed by atoms with E-state index in [1.54, 1.807) is 0 Å². The van der Waals surface area contributed by atoms with Crippen molar-refractivity contribution in [3.8, 4) is 11.1 Å². The van der Waals surface area contributed by atoms with E-state index in [0.29, 0.717) is 12.8 Å². The monoisotopic (exact) mass is 475 g/mol. The zero-order chi connectivity index (χ0) is 24.4. The predicted octanol–water partition coefficient (Wildman–Crippen LogP) is 3.70. The quantitative estimate of drug-likeness (QED) is 0.453. The van der Waals surface area contributed by atoms with Gasteiger partial charge in [-0.2, -0.15) is 0 Å². The number of carbonyl (C=O) groups excluding carboxylic acids is 2. The summed E-state index contributed by atoms with van der Waals surface area (Å²) in [5.74, 6) is -1.22. The Balaban J connectivity index is 1.15. The number of rotatable bonds is 8. The number of carbonyl (C=O) groups is 3. The van der Waals surface area contributed by atoms with Gasteiger partial charge in [-0.05, 0) is 35.1 Å².